The average Bonchev–Trinajstić information content (AvgIpc) is 3.38. The normalized spacial score (nSPS) is 21.3. The van der Waals surface area contributed by atoms with Gasteiger partial charge in [0.15, 0.2) is 5.01 Å². The van der Waals surface area contributed by atoms with Gasteiger partial charge < -0.3 is 20.5 Å². The lowest BCUT2D eigenvalue weighted by Gasteiger charge is -2.32. The Hall–Kier alpha value is -2.23. The molecule has 1 aromatic carbocycles. The fourth-order valence-electron chi connectivity index (χ4n) is 4.60. The number of fused-ring (bicyclic) bond motifs is 2. The molecule has 3 heterocycles. The third-order valence-corrected chi connectivity index (χ3v) is 7.92. The second-order valence-electron chi connectivity index (χ2n) is 8.74. The van der Waals surface area contributed by atoms with Crippen LogP contribution in [0.4, 0.5) is 0 Å². The number of rotatable bonds is 4. The van der Waals surface area contributed by atoms with Gasteiger partial charge in [0.2, 0.25) is 0 Å². The maximum Gasteiger partial charge on any atom is 0.280 e. The zero-order chi connectivity index (χ0) is 22.2. The molecule has 0 saturated heterocycles. The smallest absolute Gasteiger partial charge is 0.280 e. The molecule has 1 aliphatic carbocycles. The van der Waals surface area contributed by atoms with E-state index in [4.69, 9.17) is 0 Å². The van der Waals surface area contributed by atoms with Gasteiger partial charge in [0.1, 0.15) is 5.69 Å². The summed E-state index contributed by atoms with van der Waals surface area (Å²) in [6.45, 7) is 1.82. The molecule has 0 bridgehead atoms. The minimum Gasteiger partial charge on any atom is -0.351 e. The van der Waals surface area contributed by atoms with Crippen LogP contribution in [-0.4, -0.2) is 52.4 Å². The van der Waals surface area contributed by atoms with Crippen LogP contribution in [0, 0.1) is 0 Å². The van der Waals surface area contributed by atoms with Crippen molar-refractivity contribution in [1.29, 1.82) is 0 Å². The lowest BCUT2D eigenvalue weighted by Crippen LogP contribution is -2.53. The van der Waals surface area contributed by atoms with E-state index in [-0.39, 0.29) is 23.9 Å². The van der Waals surface area contributed by atoms with Crippen LogP contribution in [0.25, 0.3) is 10.9 Å². The summed E-state index contributed by atoms with van der Waals surface area (Å²) in [7, 11) is 2.09. The standard InChI is InChI=1S/C23H26BrN5O2S/c1-29-9-8-18-20(12-29)32-23(28-18)22(31)27-17-5-3-2-4-16(17)26-21(30)19-11-13-10-14(24)6-7-15(13)25-19/h6-7,10-11,16-17,25H,2-5,8-9,12H2,1H3,(H,26,30)(H,27,31)/t16-,17+/m0/s1. The highest BCUT2D eigenvalue weighted by Crippen LogP contribution is 2.26. The number of halogens is 1. The zero-order valence-corrected chi connectivity index (χ0v) is 20.3. The number of carbonyl (C=O) groups excluding carboxylic acids is 2. The number of carbonyl (C=O) groups is 2. The van der Waals surface area contributed by atoms with E-state index in [0.717, 1.165) is 66.3 Å². The molecule has 0 radical (unpaired) electrons. The number of thiazole rings is 1. The van der Waals surface area contributed by atoms with Crippen LogP contribution >= 0.6 is 27.3 Å². The summed E-state index contributed by atoms with van der Waals surface area (Å²) in [6, 6.07) is 7.55. The highest BCUT2D eigenvalue weighted by atomic mass is 79.9. The molecule has 0 spiro atoms. The summed E-state index contributed by atoms with van der Waals surface area (Å²) in [4.78, 5) is 37.1. The first-order chi connectivity index (χ1) is 15.5. The number of likely N-dealkylation sites (N-methyl/N-ethyl adjacent to an activating group) is 1. The molecule has 1 saturated carbocycles. The summed E-state index contributed by atoms with van der Waals surface area (Å²) in [5, 5.41) is 7.83. The topological polar surface area (TPSA) is 90.1 Å². The number of hydrogen-bond acceptors (Lipinski definition) is 5. The first kappa shape index (κ1) is 21.6. The molecular weight excluding hydrogens is 490 g/mol. The summed E-state index contributed by atoms with van der Waals surface area (Å²) >= 11 is 4.96. The molecule has 3 aromatic rings. The van der Waals surface area contributed by atoms with Crippen LogP contribution in [0.5, 0.6) is 0 Å². The van der Waals surface area contributed by atoms with Crippen molar-refractivity contribution >= 4 is 50.0 Å². The van der Waals surface area contributed by atoms with E-state index in [1.165, 1.54) is 16.2 Å². The Bertz CT molecular complexity index is 1170. The highest BCUT2D eigenvalue weighted by molar-refractivity contribution is 9.10. The highest BCUT2D eigenvalue weighted by Gasteiger charge is 2.30. The van der Waals surface area contributed by atoms with Gasteiger partial charge in [-0.05, 0) is 44.2 Å². The van der Waals surface area contributed by atoms with E-state index in [1.54, 1.807) is 0 Å². The lowest BCUT2D eigenvalue weighted by atomic mass is 9.90. The van der Waals surface area contributed by atoms with Gasteiger partial charge in [0, 0.05) is 51.8 Å². The first-order valence-corrected chi connectivity index (χ1v) is 12.6. The number of aromatic amines is 1. The third-order valence-electron chi connectivity index (χ3n) is 6.34. The van der Waals surface area contributed by atoms with Gasteiger partial charge >= 0.3 is 0 Å². The Balaban J connectivity index is 1.27. The first-order valence-electron chi connectivity index (χ1n) is 11.0. The van der Waals surface area contributed by atoms with Crippen LogP contribution in [0.2, 0.25) is 0 Å². The number of amides is 2. The molecule has 5 rings (SSSR count). The number of hydrogen-bond donors (Lipinski definition) is 3. The number of nitrogens with zero attached hydrogens (tertiary/aromatic N) is 2. The van der Waals surface area contributed by atoms with E-state index in [1.807, 2.05) is 24.3 Å². The molecule has 1 fully saturated rings. The largest absolute Gasteiger partial charge is 0.351 e. The SMILES string of the molecule is CN1CCc2nc(C(=O)N[C@@H]3CCCC[C@@H]3NC(=O)c3cc4cc(Br)ccc4[nH]3)sc2C1. The van der Waals surface area contributed by atoms with E-state index < -0.39 is 0 Å². The molecule has 7 nitrogen and oxygen atoms in total. The molecule has 2 amide bonds. The molecule has 168 valence electrons. The van der Waals surface area contributed by atoms with Crippen molar-refractivity contribution < 1.29 is 9.59 Å². The van der Waals surface area contributed by atoms with E-state index >= 15 is 0 Å². The second kappa shape index (κ2) is 8.96. The maximum absolute atomic E-state index is 13.0. The maximum atomic E-state index is 13.0. The number of H-pyrrole nitrogens is 1. The Morgan fingerprint density at radius 1 is 1.16 bits per heavy atom. The summed E-state index contributed by atoms with van der Waals surface area (Å²) in [5.41, 5.74) is 2.51. The monoisotopic (exact) mass is 515 g/mol. The van der Waals surface area contributed by atoms with Crippen LogP contribution in [-0.2, 0) is 13.0 Å². The Labute approximate surface area is 199 Å². The summed E-state index contributed by atoms with van der Waals surface area (Å²) in [6.07, 6.45) is 4.66. The van der Waals surface area contributed by atoms with Crippen LogP contribution in [0.3, 0.4) is 0 Å². The van der Waals surface area contributed by atoms with Gasteiger partial charge in [0.05, 0.1) is 5.69 Å². The molecule has 3 N–H and O–H groups in total. The van der Waals surface area contributed by atoms with Crippen molar-refractivity contribution in [2.24, 2.45) is 0 Å². The van der Waals surface area contributed by atoms with E-state index in [0.29, 0.717) is 10.7 Å². The molecule has 1 aliphatic heterocycles. The average molecular weight is 516 g/mol. The zero-order valence-electron chi connectivity index (χ0n) is 17.9. The second-order valence-corrected chi connectivity index (χ2v) is 10.7. The van der Waals surface area contributed by atoms with Crippen molar-refractivity contribution in [3.8, 4) is 0 Å². The van der Waals surface area contributed by atoms with Crippen molar-refractivity contribution in [2.75, 3.05) is 13.6 Å². The van der Waals surface area contributed by atoms with E-state index in [9.17, 15) is 9.59 Å². The molecule has 2 aromatic heterocycles. The summed E-state index contributed by atoms with van der Waals surface area (Å²) < 4.78 is 0.974. The number of benzene rings is 1. The number of nitrogens with one attached hydrogen (secondary N) is 3. The Kier molecular flexibility index (Phi) is 6.05. The van der Waals surface area contributed by atoms with Gasteiger partial charge in [-0.2, -0.15) is 0 Å². The summed E-state index contributed by atoms with van der Waals surface area (Å²) in [5.74, 6) is -0.273. The number of aromatic nitrogens is 2. The quantitative estimate of drug-likeness (QED) is 0.492. The van der Waals surface area contributed by atoms with Crippen molar-refractivity contribution in [1.82, 2.24) is 25.5 Å². The van der Waals surface area contributed by atoms with E-state index in [2.05, 4.69) is 48.5 Å². The van der Waals surface area contributed by atoms with Crippen LogP contribution in [0.1, 0.15) is 56.5 Å². The molecule has 2 aliphatic rings. The van der Waals surface area contributed by atoms with Gasteiger partial charge in [0.25, 0.3) is 11.8 Å². The minimum absolute atomic E-state index is 0.0951. The minimum atomic E-state index is -0.142. The van der Waals surface area contributed by atoms with Crippen molar-refractivity contribution in [3.05, 3.63) is 50.0 Å². The van der Waals surface area contributed by atoms with Crippen molar-refractivity contribution in [3.63, 3.8) is 0 Å². The molecule has 9 heteroatoms. The lowest BCUT2D eigenvalue weighted by molar-refractivity contribution is 0.0860. The van der Waals surface area contributed by atoms with Gasteiger partial charge in [-0.25, -0.2) is 4.98 Å². The van der Waals surface area contributed by atoms with Crippen LogP contribution < -0.4 is 10.6 Å². The predicted octanol–water partition coefficient (Wildman–Crippen LogP) is 3.85. The van der Waals surface area contributed by atoms with Gasteiger partial charge in [-0.15, -0.1) is 11.3 Å². The van der Waals surface area contributed by atoms with Crippen molar-refractivity contribution in [2.45, 2.75) is 50.7 Å². The fourth-order valence-corrected chi connectivity index (χ4v) is 6.07. The predicted molar refractivity (Wildman–Crippen MR) is 129 cm³/mol. The van der Waals surface area contributed by atoms with Gasteiger partial charge in [-0.3, -0.25) is 9.59 Å². The molecule has 0 unspecified atom stereocenters. The Morgan fingerprint density at radius 2 is 1.91 bits per heavy atom. The Morgan fingerprint density at radius 3 is 2.69 bits per heavy atom. The molecule has 2 atom stereocenters. The molecule has 32 heavy (non-hydrogen) atoms. The van der Waals surface area contributed by atoms with Crippen LogP contribution in [0.15, 0.2) is 28.7 Å². The molecular formula is C23H26BrN5O2S. The third kappa shape index (κ3) is 4.46. The fraction of sp³-hybridized carbons (Fsp3) is 0.435. The van der Waals surface area contributed by atoms with Gasteiger partial charge in [-0.1, -0.05) is 28.8 Å².